The van der Waals surface area contributed by atoms with Gasteiger partial charge in [-0.2, -0.15) is 0 Å². The van der Waals surface area contributed by atoms with Crippen molar-refractivity contribution in [1.82, 2.24) is 0 Å². The summed E-state index contributed by atoms with van der Waals surface area (Å²) < 4.78 is 0. The minimum atomic E-state index is -1.31. The van der Waals surface area contributed by atoms with Crippen molar-refractivity contribution in [2.24, 2.45) is 0 Å². The fourth-order valence-corrected chi connectivity index (χ4v) is 4.78. The molecule has 0 spiro atoms. The monoisotopic (exact) mass is 552 g/mol. The van der Waals surface area contributed by atoms with Crippen molar-refractivity contribution in [3.05, 3.63) is 118 Å². The van der Waals surface area contributed by atoms with Crippen molar-refractivity contribution >= 4 is 56.7 Å². The van der Waals surface area contributed by atoms with Gasteiger partial charge in [-0.3, -0.25) is 9.59 Å². The van der Waals surface area contributed by atoms with Gasteiger partial charge in [-0.25, -0.2) is 9.59 Å². The van der Waals surface area contributed by atoms with Crippen LogP contribution in [0.25, 0.3) is 21.5 Å². The van der Waals surface area contributed by atoms with E-state index in [0.717, 1.165) is 0 Å². The number of aromatic carboxylic acids is 2. The summed E-state index contributed by atoms with van der Waals surface area (Å²) in [5.74, 6) is 0.832. The van der Waals surface area contributed by atoms with Crippen LogP contribution in [0.1, 0.15) is 52.6 Å². The summed E-state index contributed by atoms with van der Waals surface area (Å²) in [5, 5.41) is 27.3. The largest absolute Gasteiger partial charge is 0.478 e. The number of carboxylic acids is 2. The number of carbonyl (C=O) groups excluding carboxylic acids is 2. The summed E-state index contributed by atoms with van der Waals surface area (Å²) in [6.07, 6.45) is 10.9. The van der Waals surface area contributed by atoms with Crippen LogP contribution in [-0.4, -0.2) is 34.0 Å². The molecular weight excluding hydrogens is 532 g/mol. The topological polar surface area (TPSA) is 133 Å². The zero-order chi connectivity index (χ0) is 30.0. The predicted molar refractivity (Wildman–Crippen MR) is 160 cm³/mol. The number of amides is 2. The smallest absolute Gasteiger partial charge is 0.336 e. The van der Waals surface area contributed by atoms with Gasteiger partial charge in [0, 0.05) is 32.7 Å². The molecule has 202 valence electrons. The Kier molecular flexibility index (Phi) is 7.13. The van der Waals surface area contributed by atoms with Gasteiger partial charge in [0.05, 0.1) is 33.6 Å². The Morgan fingerprint density at radius 1 is 0.524 bits per heavy atom. The lowest BCUT2D eigenvalue weighted by Gasteiger charge is -2.19. The molecule has 0 radical (unpaired) electrons. The third-order valence-corrected chi connectivity index (χ3v) is 6.73. The van der Waals surface area contributed by atoms with E-state index in [9.17, 15) is 29.4 Å². The van der Waals surface area contributed by atoms with E-state index >= 15 is 0 Å². The summed E-state index contributed by atoms with van der Waals surface area (Å²) in [6.45, 7) is 0. The van der Waals surface area contributed by atoms with Gasteiger partial charge >= 0.3 is 11.9 Å². The van der Waals surface area contributed by atoms with E-state index in [1.54, 1.807) is 48.5 Å². The molecule has 0 aliphatic heterocycles. The second-order valence-corrected chi connectivity index (χ2v) is 9.17. The number of hydrogen-bond donors (Lipinski definition) is 4. The molecule has 42 heavy (non-hydrogen) atoms. The van der Waals surface area contributed by atoms with Gasteiger partial charge in [0.2, 0.25) is 0 Å². The van der Waals surface area contributed by atoms with Crippen molar-refractivity contribution in [1.29, 1.82) is 0 Å². The molecule has 0 aromatic heterocycles. The molecule has 5 aromatic rings. The van der Waals surface area contributed by atoms with Gasteiger partial charge in [-0.15, -0.1) is 12.8 Å². The lowest BCUT2D eigenvalue weighted by atomic mass is 9.97. The number of carbonyl (C=O) groups is 4. The van der Waals surface area contributed by atoms with Crippen LogP contribution in [0.15, 0.2) is 84.9 Å². The highest BCUT2D eigenvalue weighted by molar-refractivity contribution is 6.27. The van der Waals surface area contributed by atoms with Gasteiger partial charge in [0.15, 0.2) is 0 Å². The SMILES string of the molecule is C#Cc1ccc(C(=O)Nc2c3ccccc3c(NC(=O)c3cc(C#C)ccc3C(=O)O)c3ccccc23)c(C(=O)O)c1. The highest BCUT2D eigenvalue weighted by Crippen LogP contribution is 2.40. The van der Waals surface area contributed by atoms with Crippen LogP contribution in [0.2, 0.25) is 0 Å². The third kappa shape index (κ3) is 4.88. The van der Waals surface area contributed by atoms with Crippen LogP contribution in [-0.2, 0) is 0 Å². The Labute approximate surface area is 239 Å². The first-order chi connectivity index (χ1) is 20.2. The zero-order valence-corrected chi connectivity index (χ0v) is 21.8. The van der Waals surface area contributed by atoms with Crippen molar-refractivity contribution < 1.29 is 29.4 Å². The van der Waals surface area contributed by atoms with E-state index in [4.69, 9.17) is 12.8 Å². The molecule has 0 saturated heterocycles. The number of anilines is 2. The number of nitrogens with one attached hydrogen (secondary N) is 2. The van der Waals surface area contributed by atoms with Crippen molar-refractivity contribution in [2.45, 2.75) is 0 Å². The Balaban J connectivity index is 1.66. The minimum Gasteiger partial charge on any atom is -0.478 e. The second kappa shape index (κ2) is 11.0. The maximum absolute atomic E-state index is 13.5. The van der Waals surface area contributed by atoms with E-state index in [1.807, 2.05) is 0 Å². The molecule has 8 heteroatoms. The van der Waals surface area contributed by atoms with Crippen LogP contribution >= 0.6 is 0 Å². The fraction of sp³-hybridized carbons (Fsp3) is 0. The maximum Gasteiger partial charge on any atom is 0.336 e. The van der Waals surface area contributed by atoms with E-state index in [1.165, 1.54) is 36.4 Å². The molecule has 0 atom stereocenters. The Bertz CT molecular complexity index is 2010. The Hall–Kier alpha value is -6.38. The lowest BCUT2D eigenvalue weighted by Crippen LogP contribution is -2.18. The second-order valence-electron chi connectivity index (χ2n) is 9.17. The molecule has 5 aromatic carbocycles. The molecule has 0 unspecified atom stereocenters. The summed E-state index contributed by atoms with van der Waals surface area (Å²) in [5.41, 5.74) is 0.783. The van der Waals surface area contributed by atoms with Gasteiger partial charge in [0.25, 0.3) is 11.8 Å². The highest BCUT2D eigenvalue weighted by atomic mass is 16.4. The van der Waals surface area contributed by atoms with Gasteiger partial charge < -0.3 is 20.8 Å². The highest BCUT2D eigenvalue weighted by Gasteiger charge is 2.23. The van der Waals surface area contributed by atoms with Crippen molar-refractivity contribution in [2.75, 3.05) is 10.6 Å². The summed E-state index contributed by atoms with van der Waals surface area (Å²) in [4.78, 5) is 50.7. The standard InChI is InChI=1S/C34H20N2O6/c1-3-19-14-16-26(33(39)40)27(17-19)32(38)36-30-23-11-7-5-9-21(23)29(22-10-6-8-12-24(22)30)35-31(37)25-15-13-20(4-2)18-28(25)34(41)42/h1-2,5-18H,(H,35,37)(H,36,38)(H,39,40)(H,41,42). The molecule has 8 nitrogen and oxygen atoms in total. The summed E-state index contributed by atoms with van der Waals surface area (Å²) in [6, 6.07) is 22.1. The quantitative estimate of drug-likeness (QED) is 0.119. The number of rotatable bonds is 6. The van der Waals surface area contributed by atoms with E-state index in [-0.39, 0.29) is 22.3 Å². The molecule has 0 aliphatic carbocycles. The maximum atomic E-state index is 13.5. The predicted octanol–water partition coefficient (Wildman–Crippen LogP) is 5.86. The summed E-state index contributed by atoms with van der Waals surface area (Å²) >= 11 is 0. The lowest BCUT2D eigenvalue weighted by molar-refractivity contribution is 0.0683. The number of hydrogen-bond acceptors (Lipinski definition) is 4. The molecule has 2 amide bonds. The Morgan fingerprint density at radius 2 is 0.905 bits per heavy atom. The van der Waals surface area contributed by atoms with Crippen LogP contribution in [0.4, 0.5) is 11.4 Å². The first kappa shape index (κ1) is 27.2. The minimum absolute atomic E-state index is 0.0818. The van der Waals surface area contributed by atoms with Crippen LogP contribution in [0.3, 0.4) is 0 Å². The van der Waals surface area contributed by atoms with Crippen LogP contribution in [0.5, 0.6) is 0 Å². The van der Waals surface area contributed by atoms with Gasteiger partial charge in [-0.05, 0) is 36.4 Å². The summed E-state index contributed by atoms with van der Waals surface area (Å²) in [7, 11) is 0. The van der Waals surface area contributed by atoms with Crippen LogP contribution in [0, 0.1) is 24.7 Å². The van der Waals surface area contributed by atoms with Gasteiger partial charge in [-0.1, -0.05) is 60.4 Å². The van der Waals surface area contributed by atoms with Gasteiger partial charge in [0.1, 0.15) is 0 Å². The molecule has 4 N–H and O–H groups in total. The average Bonchev–Trinajstić information content (AvgIpc) is 3.01. The van der Waals surface area contributed by atoms with E-state index < -0.39 is 23.8 Å². The first-order valence-corrected chi connectivity index (χ1v) is 12.5. The van der Waals surface area contributed by atoms with Crippen LogP contribution < -0.4 is 10.6 Å². The normalized spacial score (nSPS) is 10.4. The fourth-order valence-electron chi connectivity index (χ4n) is 4.78. The molecular formula is C34H20N2O6. The molecule has 0 bridgehead atoms. The average molecular weight is 553 g/mol. The van der Waals surface area contributed by atoms with E-state index in [0.29, 0.717) is 44.0 Å². The van der Waals surface area contributed by atoms with Crippen molar-refractivity contribution in [3.63, 3.8) is 0 Å². The number of benzene rings is 5. The van der Waals surface area contributed by atoms with E-state index in [2.05, 4.69) is 22.5 Å². The molecule has 0 heterocycles. The van der Waals surface area contributed by atoms with Crippen molar-refractivity contribution in [3.8, 4) is 24.7 Å². The molecule has 0 saturated carbocycles. The zero-order valence-electron chi connectivity index (χ0n) is 21.8. The Morgan fingerprint density at radius 3 is 1.31 bits per heavy atom. The molecule has 0 fully saturated rings. The number of fused-ring (bicyclic) bond motifs is 2. The third-order valence-electron chi connectivity index (χ3n) is 6.73. The first-order valence-electron chi connectivity index (χ1n) is 12.5. The molecule has 5 rings (SSSR count). The molecule has 0 aliphatic rings. The number of terminal acetylenes is 2. The number of carboxylic acid groups (broad SMARTS) is 2.